The third-order valence-corrected chi connectivity index (χ3v) is 3.31. The fourth-order valence-electron chi connectivity index (χ4n) is 2.14. The summed E-state index contributed by atoms with van der Waals surface area (Å²) in [5, 5.41) is 0. The van der Waals surface area contributed by atoms with E-state index in [1.54, 1.807) is 18.2 Å². The maximum atomic E-state index is 14.1. The average Bonchev–Trinajstić information content (AvgIpc) is 2.55. The van der Waals surface area contributed by atoms with Gasteiger partial charge < -0.3 is 4.74 Å². The number of aryl methyl sites for hydroxylation is 1. The molecule has 0 unspecified atom stereocenters. The van der Waals surface area contributed by atoms with Crippen molar-refractivity contribution in [2.24, 2.45) is 0 Å². The molecule has 0 aromatic heterocycles. The smallest absolute Gasteiger partial charge is 0.272 e. The van der Waals surface area contributed by atoms with Crippen LogP contribution in [0.15, 0.2) is 49.1 Å². The van der Waals surface area contributed by atoms with E-state index in [1.165, 1.54) is 6.07 Å². The van der Waals surface area contributed by atoms with Crippen LogP contribution >= 0.6 is 0 Å². The third kappa shape index (κ3) is 4.34. The highest BCUT2D eigenvalue weighted by Crippen LogP contribution is 2.30. The molecule has 0 aliphatic heterocycles. The Bertz CT molecular complexity index is 665. The van der Waals surface area contributed by atoms with Gasteiger partial charge in [0.15, 0.2) is 11.6 Å². The molecule has 0 aliphatic carbocycles. The molecule has 0 fully saturated rings. The van der Waals surface area contributed by atoms with Crippen LogP contribution in [0.25, 0.3) is 11.1 Å². The lowest BCUT2D eigenvalue weighted by molar-refractivity contribution is 0.0795. The van der Waals surface area contributed by atoms with Gasteiger partial charge in [-0.1, -0.05) is 30.3 Å². The first-order valence-corrected chi connectivity index (χ1v) is 7.12. The molecule has 0 bridgehead atoms. The van der Waals surface area contributed by atoms with Gasteiger partial charge >= 0.3 is 0 Å². The van der Waals surface area contributed by atoms with E-state index >= 15 is 0 Å². The standard InChI is InChI=1S/C18H16F4O/c1-2-3-4-12-5-7-13(8-6-12)14-9-10-15(18(22)17(14)21)23-11-16(19)20/h2,5-10,16H,1,3-4,11H2. The first-order valence-electron chi connectivity index (χ1n) is 7.12. The molecule has 2 aromatic rings. The van der Waals surface area contributed by atoms with Gasteiger partial charge in [0.05, 0.1) is 0 Å². The summed E-state index contributed by atoms with van der Waals surface area (Å²) >= 11 is 0. The predicted molar refractivity (Wildman–Crippen MR) is 81.8 cm³/mol. The minimum atomic E-state index is -2.75. The van der Waals surface area contributed by atoms with Crippen LogP contribution in [0.4, 0.5) is 17.6 Å². The van der Waals surface area contributed by atoms with Crippen molar-refractivity contribution in [3.05, 3.63) is 66.3 Å². The van der Waals surface area contributed by atoms with Gasteiger partial charge in [-0.05, 0) is 36.1 Å². The molecule has 23 heavy (non-hydrogen) atoms. The number of ether oxygens (including phenoxy) is 1. The molecule has 0 amide bonds. The number of hydrogen-bond acceptors (Lipinski definition) is 1. The Labute approximate surface area is 132 Å². The normalized spacial score (nSPS) is 10.8. The Morgan fingerprint density at radius 1 is 1.00 bits per heavy atom. The monoisotopic (exact) mass is 324 g/mol. The highest BCUT2D eigenvalue weighted by molar-refractivity contribution is 5.65. The quantitative estimate of drug-likeness (QED) is 0.490. The van der Waals surface area contributed by atoms with Crippen molar-refractivity contribution in [1.82, 2.24) is 0 Å². The molecule has 0 saturated carbocycles. The number of allylic oxidation sites excluding steroid dienone is 1. The van der Waals surface area contributed by atoms with Crippen molar-refractivity contribution in [2.45, 2.75) is 19.3 Å². The van der Waals surface area contributed by atoms with E-state index in [1.807, 2.05) is 12.1 Å². The van der Waals surface area contributed by atoms with Gasteiger partial charge in [-0.3, -0.25) is 0 Å². The first-order chi connectivity index (χ1) is 11.0. The predicted octanol–water partition coefficient (Wildman–Crippen LogP) is 5.39. The molecule has 2 rings (SSSR count). The van der Waals surface area contributed by atoms with Crippen LogP contribution in [0, 0.1) is 11.6 Å². The van der Waals surface area contributed by atoms with Crippen molar-refractivity contribution in [3.63, 3.8) is 0 Å². The molecule has 0 N–H and O–H groups in total. The molecule has 0 radical (unpaired) electrons. The van der Waals surface area contributed by atoms with E-state index in [4.69, 9.17) is 0 Å². The van der Waals surface area contributed by atoms with Crippen molar-refractivity contribution in [3.8, 4) is 16.9 Å². The number of alkyl halides is 2. The zero-order valence-corrected chi connectivity index (χ0v) is 12.4. The lowest BCUT2D eigenvalue weighted by atomic mass is 10.0. The molecule has 2 aromatic carbocycles. The van der Waals surface area contributed by atoms with Gasteiger partial charge in [0.25, 0.3) is 6.43 Å². The fourth-order valence-corrected chi connectivity index (χ4v) is 2.14. The van der Waals surface area contributed by atoms with Gasteiger partial charge in [-0.25, -0.2) is 13.2 Å². The highest BCUT2D eigenvalue weighted by atomic mass is 19.3. The van der Waals surface area contributed by atoms with Gasteiger partial charge in [0.2, 0.25) is 5.82 Å². The maximum Gasteiger partial charge on any atom is 0.272 e. The fraction of sp³-hybridized carbons (Fsp3) is 0.222. The van der Waals surface area contributed by atoms with Crippen LogP contribution in [0.2, 0.25) is 0 Å². The van der Waals surface area contributed by atoms with Crippen molar-refractivity contribution in [1.29, 1.82) is 0 Å². The molecule has 0 atom stereocenters. The van der Waals surface area contributed by atoms with E-state index in [9.17, 15) is 17.6 Å². The van der Waals surface area contributed by atoms with Gasteiger partial charge in [0, 0.05) is 5.56 Å². The summed E-state index contributed by atoms with van der Waals surface area (Å²) in [5.74, 6) is -2.90. The van der Waals surface area contributed by atoms with E-state index < -0.39 is 30.4 Å². The molecule has 0 heterocycles. The Kier molecular flexibility index (Phi) is 5.79. The molecule has 1 nitrogen and oxygen atoms in total. The summed E-state index contributed by atoms with van der Waals surface area (Å²) in [4.78, 5) is 0. The topological polar surface area (TPSA) is 9.23 Å². The molecule has 122 valence electrons. The van der Waals surface area contributed by atoms with Crippen LogP contribution in [-0.4, -0.2) is 13.0 Å². The largest absolute Gasteiger partial charge is 0.484 e. The van der Waals surface area contributed by atoms with Gasteiger partial charge in [-0.2, -0.15) is 4.39 Å². The minimum absolute atomic E-state index is 0.0576. The Morgan fingerprint density at radius 2 is 1.70 bits per heavy atom. The highest BCUT2D eigenvalue weighted by Gasteiger charge is 2.17. The summed E-state index contributed by atoms with van der Waals surface area (Å²) in [5.41, 5.74) is 1.62. The van der Waals surface area contributed by atoms with Crippen LogP contribution in [0.3, 0.4) is 0 Å². The second-order valence-electron chi connectivity index (χ2n) is 4.97. The second kappa shape index (κ2) is 7.81. The third-order valence-electron chi connectivity index (χ3n) is 3.31. The van der Waals surface area contributed by atoms with Crippen molar-refractivity contribution in [2.75, 3.05) is 6.61 Å². The number of rotatable bonds is 7. The zero-order valence-electron chi connectivity index (χ0n) is 12.4. The van der Waals surface area contributed by atoms with Crippen LogP contribution in [-0.2, 0) is 6.42 Å². The van der Waals surface area contributed by atoms with Crippen LogP contribution < -0.4 is 4.74 Å². The minimum Gasteiger partial charge on any atom is -0.484 e. The van der Waals surface area contributed by atoms with Gasteiger partial charge in [-0.15, -0.1) is 6.58 Å². The SMILES string of the molecule is C=CCCc1ccc(-c2ccc(OCC(F)F)c(F)c2F)cc1. The van der Waals surface area contributed by atoms with Crippen molar-refractivity contribution >= 4 is 0 Å². The second-order valence-corrected chi connectivity index (χ2v) is 4.97. The van der Waals surface area contributed by atoms with E-state index in [-0.39, 0.29) is 5.56 Å². The number of benzene rings is 2. The zero-order chi connectivity index (χ0) is 16.8. The van der Waals surface area contributed by atoms with Crippen LogP contribution in [0.1, 0.15) is 12.0 Å². The summed E-state index contributed by atoms with van der Waals surface area (Å²) in [7, 11) is 0. The van der Waals surface area contributed by atoms with E-state index in [0.717, 1.165) is 24.5 Å². The lowest BCUT2D eigenvalue weighted by Crippen LogP contribution is -2.08. The van der Waals surface area contributed by atoms with E-state index in [2.05, 4.69) is 11.3 Å². The van der Waals surface area contributed by atoms with E-state index in [0.29, 0.717) is 5.56 Å². The Hall–Kier alpha value is -2.30. The summed E-state index contributed by atoms with van der Waals surface area (Å²) in [6.45, 7) is 2.67. The van der Waals surface area contributed by atoms with Crippen LogP contribution in [0.5, 0.6) is 5.75 Å². The van der Waals surface area contributed by atoms with Gasteiger partial charge in [0.1, 0.15) is 6.61 Å². The molecule has 0 aliphatic rings. The average molecular weight is 324 g/mol. The molecule has 0 spiro atoms. The number of hydrogen-bond donors (Lipinski definition) is 0. The summed E-state index contributed by atoms with van der Waals surface area (Å²) < 4.78 is 56.7. The first kappa shape index (κ1) is 17.1. The summed E-state index contributed by atoms with van der Waals surface area (Å²) in [6.07, 6.45) is 0.709. The Balaban J connectivity index is 2.22. The number of halogens is 4. The Morgan fingerprint density at radius 3 is 2.30 bits per heavy atom. The lowest BCUT2D eigenvalue weighted by Gasteiger charge is -2.10. The molecule has 0 saturated heterocycles. The molecule has 5 heteroatoms. The van der Waals surface area contributed by atoms with Crippen molar-refractivity contribution < 1.29 is 22.3 Å². The maximum absolute atomic E-state index is 14.1. The molecular weight excluding hydrogens is 308 g/mol. The summed E-state index contributed by atoms with van der Waals surface area (Å²) in [6, 6.07) is 9.51. The molecular formula is C18H16F4O.